The maximum absolute atomic E-state index is 4.65. The molecule has 9 nitrogen and oxygen atoms in total. The van der Waals surface area contributed by atoms with Gasteiger partial charge in [0.05, 0.1) is 24.3 Å². The summed E-state index contributed by atoms with van der Waals surface area (Å²) >= 11 is 0. The van der Waals surface area contributed by atoms with Crippen molar-refractivity contribution in [2.45, 2.75) is 6.92 Å². The van der Waals surface area contributed by atoms with Gasteiger partial charge < -0.3 is 15.1 Å². The van der Waals surface area contributed by atoms with E-state index in [0.717, 1.165) is 43.1 Å². The summed E-state index contributed by atoms with van der Waals surface area (Å²) in [4.78, 5) is 13.7. The lowest BCUT2D eigenvalue weighted by Crippen LogP contribution is -2.44. The number of hydrogen-bond acceptors (Lipinski definition) is 7. The molecule has 154 valence electrons. The second-order valence-corrected chi connectivity index (χ2v) is 7.82. The van der Waals surface area contributed by atoms with E-state index in [-0.39, 0.29) is 0 Å². The summed E-state index contributed by atoms with van der Waals surface area (Å²) in [6.45, 7) is 6.46. The smallest absolute Gasteiger partial charge is 0.247 e. The summed E-state index contributed by atoms with van der Waals surface area (Å²) in [5.74, 6) is 0.542. The van der Waals surface area contributed by atoms with Gasteiger partial charge in [-0.25, -0.2) is 4.52 Å². The van der Waals surface area contributed by atoms with Gasteiger partial charge in [0, 0.05) is 56.4 Å². The van der Waals surface area contributed by atoms with Crippen LogP contribution in [0.1, 0.15) is 5.56 Å². The van der Waals surface area contributed by atoms with Crippen LogP contribution in [0.2, 0.25) is 0 Å². The van der Waals surface area contributed by atoms with E-state index in [4.69, 9.17) is 0 Å². The van der Waals surface area contributed by atoms with Crippen molar-refractivity contribution in [3.05, 3.63) is 48.5 Å². The van der Waals surface area contributed by atoms with Crippen LogP contribution in [-0.4, -0.2) is 67.5 Å². The fourth-order valence-corrected chi connectivity index (χ4v) is 3.88. The van der Waals surface area contributed by atoms with Gasteiger partial charge in [-0.2, -0.15) is 10.1 Å². The van der Waals surface area contributed by atoms with Gasteiger partial charge in [-0.3, -0.25) is 9.67 Å². The topological polar surface area (TPSA) is 79.4 Å². The Kier molecular flexibility index (Phi) is 4.59. The van der Waals surface area contributed by atoms with E-state index >= 15 is 0 Å². The van der Waals surface area contributed by atoms with Crippen LogP contribution < -0.4 is 10.2 Å². The molecule has 5 rings (SSSR count). The van der Waals surface area contributed by atoms with Crippen LogP contribution in [0.25, 0.3) is 16.9 Å². The first-order valence-corrected chi connectivity index (χ1v) is 10.1. The zero-order valence-electron chi connectivity index (χ0n) is 17.4. The molecule has 0 aliphatic carbocycles. The number of aromatic nitrogens is 6. The Morgan fingerprint density at radius 2 is 1.83 bits per heavy atom. The molecule has 30 heavy (non-hydrogen) atoms. The zero-order chi connectivity index (χ0) is 20.7. The van der Waals surface area contributed by atoms with Crippen molar-refractivity contribution >= 4 is 23.0 Å². The van der Waals surface area contributed by atoms with E-state index in [2.05, 4.69) is 67.5 Å². The van der Waals surface area contributed by atoms with E-state index in [1.54, 1.807) is 27.8 Å². The van der Waals surface area contributed by atoms with E-state index in [1.165, 1.54) is 11.3 Å². The Labute approximate surface area is 175 Å². The molecule has 1 fully saturated rings. The van der Waals surface area contributed by atoms with Gasteiger partial charge in [-0.05, 0) is 37.7 Å². The fraction of sp³-hybridized carbons (Fsp3) is 0.333. The average molecular weight is 403 g/mol. The molecule has 0 saturated carbocycles. The lowest BCUT2D eigenvalue weighted by atomic mass is 10.1. The number of anilines is 3. The van der Waals surface area contributed by atoms with Gasteiger partial charge in [0.25, 0.3) is 0 Å². The maximum Gasteiger partial charge on any atom is 0.247 e. The second-order valence-electron chi connectivity index (χ2n) is 7.82. The van der Waals surface area contributed by atoms with Gasteiger partial charge in [0.1, 0.15) is 0 Å². The minimum atomic E-state index is 0.542. The molecule has 0 unspecified atom stereocenters. The molecule has 0 bridgehead atoms. The van der Waals surface area contributed by atoms with Gasteiger partial charge in [0.2, 0.25) is 5.95 Å². The predicted octanol–water partition coefficient (Wildman–Crippen LogP) is 2.33. The Balaban J connectivity index is 1.40. The lowest BCUT2D eigenvalue weighted by molar-refractivity contribution is 0.312. The molecular formula is C21H25N9. The third-order valence-corrected chi connectivity index (χ3v) is 5.54. The van der Waals surface area contributed by atoms with Crippen LogP contribution in [0.3, 0.4) is 0 Å². The number of hydrogen-bond donors (Lipinski definition) is 1. The summed E-state index contributed by atoms with van der Waals surface area (Å²) in [7, 11) is 4.06. The Morgan fingerprint density at radius 3 is 2.57 bits per heavy atom. The first-order chi connectivity index (χ1) is 14.6. The molecule has 1 aromatic carbocycles. The molecule has 1 aliphatic heterocycles. The second kappa shape index (κ2) is 7.42. The highest BCUT2D eigenvalue weighted by molar-refractivity contribution is 5.65. The van der Waals surface area contributed by atoms with Crippen LogP contribution >= 0.6 is 0 Å². The van der Waals surface area contributed by atoms with Gasteiger partial charge in [-0.15, -0.1) is 5.10 Å². The molecule has 0 atom stereocenters. The van der Waals surface area contributed by atoms with Crippen LogP contribution in [-0.2, 0) is 7.05 Å². The summed E-state index contributed by atoms with van der Waals surface area (Å²) in [5, 5.41) is 12.2. The van der Waals surface area contributed by atoms with Crippen LogP contribution in [0.5, 0.6) is 0 Å². The number of rotatable bonds is 4. The highest BCUT2D eigenvalue weighted by Crippen LogP contribution is 2.26. The van der Waals surface area contributed by atoms with E-state index in [1.807, 2.05) is 13.2 Å². The number of benzene rings is 1. The molecule has 9 heteroatoms. The van der Waals surface area contributed by atoms with Gasteiger partial charge >= 0.3 is 0 Å². The quantitative estimate of drug-likeness (QED) is 0.560. The van der Waals surface area contributed by atoms with Crippen molar-refractivity contribution in [2.75, 3.05) is 43.4 Å². The minimum absolute atomic E-state index is 0.542. The fourth-order valence-electron chi connectivity index (χ4n) is 3.88. The summed E-state index contributed by atoms with van der Waals surface area (Å²) in [6, 6.07) is 6.42. The molecule has 4 heterocycles. The summed E-state index contributed by atoms with van der Waals surface area (Å²) in [6.07, 6.45) is 7.22. The monoisotopic (exact) mass is 403 g/mol. The number of nitrogens with one attached hydrogen (secondary N) is 1. The lowest BCUT2D eigenvalue weighted by Gasteiger charge is -2.35. The number of piperazine rings is 1. The van der Waals surface area contributed by atoms with E-state index in [9.17, 15) is 0 Å². The number of nitrogens with zero attached hydrogens (tertiary/aromatic N) is 8. The summed E-state index contributed by atoms with van der Waals surface area (Å²) in [5.41, 5.74) is 5.98. The summed E-state index contributed by atoms with van der Waals surface area (Å²) < 4.78 is 3.55. The molecular weight excluding hydrogens is 378 g/mol. The SMILES string of the molecule is Cc1cc(Nc2nc3cncc(-c4cnn(C)c4)n3n2)ccc1N1CCN(C)CC1. The van der Waals surface area contributed by atoms with Crippen molar-refractivity contribution in [3.63, 3.8) is 0 Å². The highest BCUT2D eigenvalue weighted by Gasteiger charge is 2.16. The van der Waals surface area contributed by atoms with Crippen molar-refractivity contribution in [3.8, 4) is 11.3 Å². The first kappa shape index (κ1) is 18.6. The van der Waals surface area contributed by atoms with E-state index < -0.39 is 0 Å². The maximum atomic E-state index is 4.65. The van der Waals surface area contributed by atoms with Crippen LogP contribution in [0.4, 0.5) is 17.3 Å². The third kappa shape index (κ3) is 3.48. The van der Waals surface area contributed by atoms with Crippen LogP contribution in [0, 0.1) is 6.92 Å². The Morgan fingerprint density at radius 1 is 1.00 bits per heavy atom. The Bertz CT molecular complexity index is 1180. The standard InChI is InChI=1S/C21H25N9/c1-15-10-17(4-5-18(15)29-8-6-27(2)7-9-29)24-21-25-20-13-22-12-19(30(20)26-21)16-11-23-28(3)14-16/h4-5,10-14H,6-9H2,1-3H3,(H,24,26). The zero-order valence-corrected chi connectivity index (χ0v) is 17.4. The molecule has 4 aromatic rings. The van der Waals surface area contributed by atoms with Gasteiger partial charge in [0.15, 0.2) is 5.65 Å². The highest BCUT2D eigenvalue weighted by atomic mass is 15.4. The predicted molar refractivity (Wildman–Crippen MR) is 117 cm³/mol. The molecule has 0 spiro atoms. The van der Waals surface area contributed by atoms with Crippen molar-refractivity contribution < 1.29 is 0 Å². The van der Waals surface area contributed by atoms with Gasteiger partial charge in [-0.1, -0.05) is 0 Å². The molecule has 1 aliphatic rings. The van der Waals surface area contributed by atoms with Crippen molar-refractivity contribution in [1.29, 1.82) is 0 Å². The normalized spacial score (nSPS) is 15.1. The number of fused-ring (bicyclic) bond motifs is 1. The van der Waals surface area contributed by atoms with Crippen molar-refractivity contribution in [2.24, 2.45) is 7.05 Å². The molecule has 3 aromatic heterocycles. The minimum Gasteiger partial charge on any atom is -0.369 e. The van der Waals surface area contributed by atoms with E-state index in [0.29, 0.717) is 11.6 Å². The number of aryl methyl sites for hydroxylation is 2. The molecule has 0 radical (unpaired) electrons. The number of likely N-dealkylation sites (N-methyl/N-ethyl adjacent to an activating group) is 1. The Hall–Kier alpha value is -3.46. The average Bonchev–Trinajstić information content (AvgIpc) is 3.34. The molecule has 1 N–H and O–H groups in total. The van der Waals surface area contributed by atoms with Crippen LogP contribution in [0.15, 0.2) is 43.0 Å². The third-order valence-electron chi connectivity index (χ3n) is 5.54. The first-order valence-electron chi connectivity index (χ1n) is 10.1. The molecule has 1 saturated heterocycles. The van der Waals surface area contributed by atoms with Crippen molar-refractivity contribution in [1.82, 2.24) is 34.3 Å². The molecule has 0 amide bonds. The largest absolute Gasteiger partial charge is 0.369 e.